The number of carbonyl (C=O) groups is 1. The molecule has 0 aromatic heterocycles. The molecular weight excluding hydrogens is 372 g/mol. The zero-order valence-electron chi connectivity index (χ0n) is 16.7. The Morgan fingerprint density at radius 1 is 1.14 bits per heavy atom. The van der Waals surface area contributed by atoms with Crippen molar-refractivity contribution in [3.8, 4) is 5.75 Å². The minimum Gasteiger partial charge on any atom is -0.490 e. The topological polar surface area (TPSA) is 91.0 Å². The van der Waals surface area contributed by atoms with E-state index in [9.17, 15) is 14.9 Å². The minimum atomic E-state index is -0.401. The molecule has 1 aromatic rings. The molecule has 0 atom stereocenters. The molecule has 1 aromatic carbocycles. The lowest BCUT2D eigenvalue weighted by atomic mass is 9.49. The third kappa shape index (κ3) is 3.02. The fourth-order valence-electron chi connectivity index (χ4n) is 6.72. The van der Waals surface area contributed by atoms with Crippen LogP contribution in [0, 0.1) is 33.3 Å². The Labute approximate surface area is 169 Å². The lowest BCUT2D eigenvalue weighted by Crippen LogP contribution is -2.50. The van der Waals surface area contributed by atoms with Crippen LogP contribution in [0.25, 0.3) is 0 Å². The van der Waals surface area contributed by atoms with Crippen molar-refractivity contribution >= 4 is 17.4 Å². The van der Waals surface area contributed by atoms with E-state index in [0.717, 1.165) is 25.7 Å². The highest BCUT2D eigenvalue weighted by Gasteiger charge is 2.55. The first kappa shape index (κ1) is 18.6. The Morgan fingerprint density at radius 2 is 1.79 bits per heavy atom. The number of methoxy groups -OCH3 is 1. The quantitative estimate of drug-likeness (QED) is 0.426. The maximum absolute atomic E-state index is 13.1. The van der Waals surface area contributed by atoms with Crippen LogP contribution in [0.15, 0.2) is 17.3 Å². The SMILES string of the molecule is COc1ccc2c(c1[N+](=O)[O-])CCCC2=NOC(=O)C12CC3CC(CC(C3)C1)C2. The van der Waals surface area contributed by atoms with Crippen molar-refractivity contribution < 1.29 is 19.3 Å². The van der Waals surface area contributed by atoms with E-state index in [1.165, 1.54) is 26.4 Å². The highest BCUT2D eigenvalue weighted by Crippen LogP contribution is 2.60. The van der Waals surface area contributed by atoms with Crippen LogP contribution in [0.4, 0.5) is 5.69 Å². The van der Waals surface area contributed by atoms with Crippen LogP contribution in [0.1, 0.15) is 62.5 Å². The molecule has 0 radical (unpaired) electrons. The summed E-state index contributed by atoms with van der Waals surface area (Å²) in [4.78, 5) is 29.8. The number of carbonyl (C=O) groups excluding carboxylic acids is 1. The standard InChI is InChI=1S/C22H26N2O5/c1-28-19-6-5-16-17(20(19)24(26)27)3-2-4-18(16)23-29-21(25)22-10-13-7-14(11-22)9-15(8-13)12-22/h5-6,13-15H,2-4,7-12H2,1H3. The van der Waals surface area contributed by atoms with E-state index in [1.807, 2.05) is 0 Å². The molecular formula is C22H26N2O5. The van der Waals surface area contributed by atoms with E-state index in [-0.39, 0.29) is 22.8 Å². The van der Waals surface area contributed by atoms with Crippen LogP contribution < -0.4 is 4.74 Å². The smallest absolute Gasteiger partial charge is 0.341 e. The Morgan fingerprint density at radius 3 is 2.38 bits per heavy atom. The van der Waals surface area contributed by atoms with Crippen LogP contribution in [0.3, 0.4) is 0 Å². The Bertz CT molecular complexity index is 871. The first-order valence-corrected chi connectivity index (χ1v) is 10.6. The van der Waals surface area contributed by atoms with Crippen LogP contribution in [0.2, 0.25) is 0 Å². The summed E-state index contributed by atoms with van der Waals surface area (Å²) in [6.45, 7) is 0. The summed E-state index contributed by atoms with van der Waals surface area (Å²) >= 11 is 0. The van der Waals surface area contributed by atoms with Crippen molar-refractivity contribution in [2.24, 2.45) is 28.3 Å². The van der Waals surface area contributed by atoms with Crippen LogP contribution in [-0.4, -0.2) is 23.7 Å². The second kappa shape index (κ2) is 6.82. The van der Waals surface area contributed by atoms with Gasteiger partial charge in [0.1, 0.15) is 0 Å². The molecule has 0 unspecified atom stereocenters. The molecule has 29 heavy (non-hydrogen) atoms. The number of nitro groups is 1. The van der Waals surface area contributed by atoms with Gasteiger partial charge < -0.3 is 9.57 Å². The molecule has 0 amide bonds. The summed E-state index contributed by atoms with van der Waals surface area (Å²) in [5.74, 6) is 2.03. The monoisotopic (exact) mass is 398 g/mol. The van der Waals surface area contributed by atoms with Gasteiger partial charge in [-0.2, -0.15) is 0 Å². The van der Waals surface area contributed by atoms with Crippen LogP contribution in [-0.2, 0) is 16.1 Å². The van der Waals surface area contributed by atoms with Crippen molar-refractivity contribution in [2.75, 3.05) is 7.11 Å². The lowest BCUT2D eigenvalue weighted by Gasteiger charge is -2.54. The van der Waals surface area contributed by atoms with E-state index in [1.54, 1.807) is 12.1 Å². The first-order chi connectivity index (χ1) is 14.0. The van der Waals surface area contributed by atoms with Gasteiger partial charge in [0.25, 0.3) is 0 Å². The van der Waals surface area contributed by atoms with E-state index < -0.39 is 4.92 Å². The summed E-state index contributed by atoms with van der Waals surface area (Å²) in [5, 5.41) is 15.8. The minimum absolute atomic E-state index is 0.00943. The maximum atomic E-state index is 13.1. The van der Waals surface area contributed by atoms with Gasteiger partial charge in [-0.05, 0) is 87.7 Å². The molecule has 4 bridgehead atoms. The second-order valence-electron chi connectivity index (χ2n) is 9.37. The first-order valence-electron chi connectivity index (χ1n) is 10.6. The Balaban J connectivity index is 1.41. The van der Waals surface area contributed by atoms with Crippen molar-refractivity contribution in [1.82, 2.24) is 0 Å². The molecule has 0 aliphatic heterocycles. The highest BCUT2D eigenvalue weighted by molar-refractivity contribution is 6.04. The van der Waals surface area contributed by atoms with Gasteiger partial charge >= 0.3 is 11.7 Å². The van der Waals surface area contributed by atoms with E-state index >= 15 is 0 Å². The fourth-order valence-corrected chi connectivity index (χ4v) is 6.72. The van der Waals surface area contributed by atoms with E-state index in [0.29, 0.717) is 47.4 Å². The van der Waals surface area contributed by atoms with Crippen LogP contribution in [0.5, 0.6) is 5.75 Å². The molecule has 0 spiro atoms. The number of hydrogen-bond donors (Lipinski definition) is 0. The molecule has 5 aliphatic carbocycles. The molecule has 7 nitrogen and oxygen atoms in total. The largest absolute Gasteiger partial charge is 0.490 e. The fraction of sp³-hybridized carbons (Fsp3) is 0.636. The molecule has 0 saturated heterocycles. The van der Waals surface area contributed by atoms with Crippen molar-refractivity contribution in [2.45, 2.75) is 57.8 Å². The predicted molar refractivity (Wildman–Crippen MR) is 106 cm³/mol. The van der Waals surface area contributed by atoms with Gasteiger partial charge in [0.15, 0.2) is 5.75 Å². The molecule has 0 N–H and O–H groups in total. The highest BCUT2D eigenvalue weighted by atomic mass is 16.7. The number of benzene rings is 1. The molecule has 4 fully saturated rings. The van der Waals surface area contributed by atoms with Crippen molar-refractivity contribution in [1.29, 1.82) is 0 Å². The third-order valence-corrected chi connectivity index (χ3v) is 7.51. The normalized spacial score (nSPS) is 33.4. The molecule has 154 valence electrons. The van der Waals surface area contributed by atoms with Gasteiger partial charge in [-0.1, -0.05) is 5.16 Å². The summed E-state index contributed by atoms with van der Waals surface area (Å²) in [5.41, 5.74) is 1.56. The van der Waals surface area contributed by atoms with Gasteiger partial charge in [0.05, 0.1) is 23.2 Å². The van der Waals surface area contributed by atoms with Gasteiger partial charge in [-0.15, -0.1) is 0 Å². The summed E-state index contributed by atoms with van der Waals surface area (Å²) in [7, 11) is 1.43. The summed E-state index contributed by atoms with van der Waals surface area (Å²) in [6, 6.07) is 3.39. The number of ether oxygens (including phenoxy) is 1. The number of nitro benzene ring substituents is 1. The Kier molecular flexibility index (Phi) is 4.37. The molecule has 0 heterocycles. The Hall–Kier alpha value is -2.44. The number of oxime groups is 1. The average molecular weight is 398 g/mol. The lowest BCUT2D eigenvalue weighted by molar-refractivity contribution is -0.386. The number of rotatable bonds is 4. The van der Waals surface area contributed by atoms with Crippen molar-refractivity contribution in [3.05, 3.63) is 33.4 Å². The molecule has 5 aliphatic rings. The summed E-state index contributed by atoms with van der Waals surface area (Å²) in [6.07, 6.45) is 8.55. The summed E-state index contributed by atoms with van der Waals surface area (Å²) < 4.78 is 5.18. The van der Waals surface area contributed by atoms with Gasteiger partial charge in [-0.25, -0.2) is 4.79 Å². The maximum Gasteiger partial charge on any atom is 0.341 e. The van der Waals surface area contributed by atoms with E-state index in [2.05, 4.69) is 5.16 Å². The molecule has 7 heteroatoms. The van der Waals surface area contributed by atoms with Gasteiger partial charge in [-0.3, -0.25) is 10.1 Å². The second-order valence-corrected chi connectivity index (χ2v) is 9.37. The molecule has 4 saturated carbocycles. The average Bonchev–Trinajstić information content (AvgIpc) is 2.69. The zero-order chi connectivity index (χ0) is 20.2. The number of fused-ring (bicyclic) bond motifs is 1. The third-order valence-electron chi connectivity index (χ3n) is 7.51. The molecule has 6 rings (SSSR count). The number of nitrogens with zero attached hydrogens (tertiary/aromatic N) is 2. The zero-order valence-corrected chi connectivity index (χ0v) is 16.7. The van der Waals surface area contributed by atoms with E-state index in [4.69, 9.17) is 9.57 Å². The van der Waals surface area contributed by atoms with Crippen molar-refractivity contribution in [3.63, 3.8) is 0 Å². The number of hydrogen-bond acceptors (Lipinski definition) is 6. The van der Waals surface area contributed by atoms with Crippen LogP contribution >= 0.6 is 0 Å². The van der Waals surface area contributed by atoms with Gasteiger partial charge in [0, 0.05) is 11.1 Å². The van der Waals surface area contributed by atoms with Gasteiger partial charge in [0.2, 0.25) is 0 Å². The predicted octanol–water partition coefficient (Wildman–Crippen LogP) is 4.40.